The quantitative estimate of drug-likeness (QED) is 0.715. The van der Waals surface area contributed by atoms with E-state index in [-0.39, 0.29) is 5.75 Å². The first-order valence-electron chi connectivity index (χ1n) is 10.5. The van der Waals surface area contributed by atoms with Crippen molar-refractivity contribution in [1.29, 1.82) is 0 Å². The SMILES string of the molecule is CCS(=O)(=O)O.CC[C@]1(C(=O)O)CCCN2CCc3c(n(C)c4ccccc34)[C@]21C. The number of benzene rings is 1. The Balaban J connectivity index is 0.000000377. The number of aryl methyl sites for hydroxylation is 1. The van der Waals surface area contributed by atoms with Gasteiger partial charge in [0.1, 0.15) is 0 Å². The van der Waals surface area contributed by atoms with Crippen molar-refractivity contribution >= 4 is 27.0 Å². The summed E-state index contributed by atoms with van der Waals surface area (Å²) in [7, 11) is -1.56. The minimum Gasteiger partial charge on any atom is -0.481 e. The Labute approximate surface area is 178 Å². The highest BCUT2D eigenvalue weighted by Gasteiger charge is 2.61. The maximum atomic E-state index is 12.5. The summed E-state index contributed by atoms with van der Waals surface area (Å²) in [5, 5.41) is 11.5. The average Bonchev–Trinajstić information content (AvgIpc) is 3.00. The molecule has 7 nitrogen and oxygen atoms in total. The topological polar surface area (TPSA) is 99.8 Å². The van der Waals surface area contributed by atoms with E-state index in [9.17, 15) is 18.3 Å². The van der Waals surface area contributed by atoms with Gasteiger partial charge in [-0.3, -0.25) is 14.2 Å². The summed E-state index contributed by atoms with van der Waals surface area (Å²) in [6, 6.07) is 8.49. The Morgan fingerprint density at radius 1 is 1.20 bits per heavy atom. The number of para-hydroxylation sites is 1. The van der Waals surface area contributed by atoms with Gasteiger partial charge < -0.3 is 9.67 Å². The third-order valence-electron chi connectivity index (χ3n) is 7.28. The van der Waals surface area contributed by atoms with Crippen LogP contribution in [-0.4, -0.2) is 52.4 Å². The second-order valence-corrected chi connectivity index (χ2v) is 10.2. The van der Waals surface area contributed by atoms with Crippen molar-refractivity contribution < 1.29 is 22.9 Å². The van der Waals surface area contributed by atoms with Gasteiger partial charge >= 0.3 is 5.97 Å². The summed E-state index contributed by atoms with van der Waals surface area (Å²) in [5.41, 5.74) is 2.62. The number of fused-ring (bicyclic) bond motifs is 5. The van der Waals surface area contributed by atoms with Gasteiger partial charge in [0.25, 0.3) is 10.1 Å². The number of aliphatic carboxylic acids is 1. The molecule has 166 valence electrons. The summed E-state index contributed by atoms with van der Waals surface area (Å²) in [5.74, 6) is -0.845. The van der Waals surface area contributed by atoms with E-state index in [1.807, 2.05) is 6.92 Å². The number of nitrogens with zero attached hydrogens (tertiary/aromatic N) is 2. The largest absolute Gasteiger partial charge is 0.481 e. The number of carbonyl (C=O) groups is 1. The lowest BCUT2D eigenvalue weighted by Gasteiger charge is -2.57. The van der Waals surface area contributed by atoms with E-state index in [0.29, 0.717) is 6.42 Å². The molecule has 1 aromatic heterocycles. The van der Waals surface area contributed by atoms with Crippen LogP contribution in [0.1, 0.15) is 51.3 Å². The molecule has 0 spiro atoms. The first kappa shape index (κ1) is 22.8. The van der Waals surface area contributed by atoms with E-state index in [2.05, 4.69) is 47.7 Å². The van der Waals surface area contributed by atoms with Gasteiger partial charge in [0.15, 0.2) is 0 Å². The Morgan fingerprint density at radius 3 is 2.40 bits per heavy atom. The molecule has 0 saturated carbocycles. The van der Waals surface area contributed by atoms with Crippen molar-refractivity contribution in [2.24, 2.45) is 12.5 Å². The molecular weight excluding hydrogens is 404 g/mol. The number of hydrogen-bond acceptors (Lipinski definition) is 4. The van der Waals surface area contributed by atoms with Crippen molar-refractivity contribution in [2.75, 3.05) is 18.8 Å². The minimum atomic E-state index is -3.66. The lowest BCUT2D eigenvalue weighted by molar-refractivity contribution is -0.170. The molecule has 2 aromatic rings. The number of carboxylic acids is 1. The van der Waals surface area contributed by atoms with E-state index in [1.54, 1.807) is 0 Å². The molecule has 2 N–H and O–H groups in total. The van der Waals surface area contributed by atoms with Gasteiger partial charge in [-0.25, -0.2) is 0 Å². The molecule has 0 unspecified atom stereocenters. The van der Waals surface area contributed by atoms with Crippen molar-refractivity contribution in [3.63, 3.8) is 0 Å². The van der Waals surface area contributed by atoms with Gasteiger partial charge in [0, 0.05) is 30.2 Å². The third-order valence-corrected chi connectivity index (χ3v) is 8.01. The number of rotatable bonds is 3. The Hall–Kier alpha value is -1.90. The summed E-state index contributed by atoms with van der Waals surface area (Å²) in [6.07, 6.45) is 3.39. The number of hydrogen-bond donors (Lipinski definition) is 2. The second-order valence-electron chi connectivity index (χ2n) is 8.43. The molecule has 0 aliphatic carbocycles. The van der Waals surface area contributed by atoms with Gasteiger partial charge in [-0.15, -0.1) is 0 Å². The molecule has 2 aliphatic rings. The highest BCUT2D eigenvalue weighted by atomic mass is 32.2. The van der Waals surface area contributed by atoms with E-state index < -0.39 is 27.0 Å². The lowest BCUT2D eigenvalue weighted by Crippen LogP contribution is -2.64. The average molecular weight is 437 g/mol. The molecule has 1 fully saturated rings. The molecule has 2 atom stereocenters. The van der Waals surface area contributed by atoms with Crippen LogP contribution < -0.4 is 0 Å². The van der Waals surface area contributed by atoms with Crippen LogP contribution in [0.15, 0.2) is 24.3 Å². The maximum Gasteiger partial charge on any atom is 0.311 e. The van der Waals surface area contributed by atoms with Crippen molar-refractivity contribution in [1.82, 2.24) is 9.47 Å². The van der Waals surface area contributed by atoms with Crippen LogP contribution >= 0.6 is 0 Å². The van der Waals surface area contributed by atoms with E-state index in [4.69, 9.17) is 4.55 Å². The van der Waals surface area contributed by atoms with Crippen LogP contribution in [-0.2, 0) is 33.9 Å². The van der Waals surface area contributed by atoms with Gasteiger partial charge in [-0.1, -0.05) is 25.1 Å². The molecule has 0 bridgehead atoms. The zero-order chi connectivity index (χ0) is 22.3. The molecule has 1 saturated heterocycles. The molecule has 0 radical (unpaired) electrons. The molecule has 4 rings (SSSR count). The van der Waals surface area contributed by atoms with Crippen molar-refractivity contribution in [3.8, 4) is 0 Å². The summed E-state index contributed by atoms with van der Waals surface area (Å²) in [6.45, 7) is 7.54. The van der Waals surface area contributed by atoms with Gasteiger partial charge in [0.2, 0.25) is 0 Å². The van der Waals surface area contributed by atoms with Crippen LogP contribution in [0.2, 0.25) is 0 Å². The van der Waals surface area contributed by atoms with E-state index in [0.717, 1.165) is 32.4 Å². The van der Waals surface area contributed by atoms with E-state index >= 15 is 0 Å². The number of aromatic nitrogens is 1. The van der Waals surface area contributed by atoms with Crippen molar-refractivity contribution in [3.05, 3.63) is 35.5 Å². The predicted octanol–water partition coefficient (Wildman–Crippen LogP) is 3.42. The fourth-order valence-corrected chi connectivity index (χ4v) is 5.63. The smallest absolute Gasteiger partial charge is 0.311 e. The summed E-state index contributed by atoms with van der Waals surface area (Å²) < 4.78 is 29.2. The van der Waals surface area contributed by atoms with Crippen LogP contribution in [0.25, 0.3) is 10.9 Å². The first-order valence-corrected chi connectivity index (χ1v) is 12.1. The fraction of sp³-hybridized carbons (Fsp3) is 0.591. The summed E-state index contributed by atoms with van der Waals surface area (Å²) in [4.78, 5) is 14.9. The van der Waals surface area contributed by atoms with Gasteiger partial charge in [-0.2, -0.15) is 8.42 Å². The number of carboxylic acid groups (broad SMARTS) is 1. The molecule has 0 amide bonds. The van der Waals surface area contributed by atoms with Crippen LogP contribution in [0, 0.1) is 5.41 Å². The zero-order valence-corrected chi connectivity index (χ0v) is 19.0. The molecular formula is C22H32N2O5S. The van der Waals surface area contributed by atoms with Crippen LogP contribution in [0.3, 0.4) is 0 Å². The zero-order valence-electron chi connectivity index (χ0n) is 18.2. The second kappa shape index (κ2) is 7.98. The van der Waals surface area contributed by atoms with E-state index in [1.165, 1.54) is 29.1 Å². The highest BCUT2D eigenvalue weighted by molar-refractivity contribution is 7.85. The molecule has 2 aliphatic heterocycles. The molecule has 1 aromatic carbocycles. The predicted molar refractivity (Wildman–Crippen MR) is 117 cm³/mol. The highest BCUT2D eigenvalue weighted by Crippen LogP contribution is 2.56. The molecule has 30 heavy (non-hydrogen) atoms. The van der Waals surface area contributed by atoms with Gasteiger partial charge in [0.05, 0.1) is 16.7 Å². The third kappa shape index (κ3) is 3.35. The number of piperidine rings is 1. The monoisotopic (exact) mass is 436 g/mol. The van der Waals surface area contributed by atoms with Crippen molar-refractivity contribution in [2.45, 2.75) is 52.0 Å². The lowest BCUT2D eigenvalue weighted by atomic mass is 9.59. The fourth-order valence-electron chi connectivity index (χ4n) is 5.63. The van der Waals surface area contributed by atoms with Crippen LogP contribution in [0.5, 0.6) is 0 Å². The minimum absolute atomic E-state index is 0.201. The first-order chi connectivity index (χ1) is 14.0. The molecule has 3 heterocycles. The van der Waals surface area contributed by atoms with Gasteiger partial charge in [-0.05, 0) is 57.7 Å². The standard InChI is InChI=1S/C20H26N2O2.C2H6O3S/c1-4-20(18(23)24)11-7-12-22-13-10-15-14-8-5-6-9-16(14)21(3)17(15)19(20,22)2;1-2-6(3,4)5/h5-6,8-9H,4,7,10-13H2,1-3H3,(H,23,24);2H2,1H3,(H,3,4,5)/t19-,20+;/m0./s1. The van der Waals surface area contributed by atoms with Crippen LogP contribution in [0.4, 0.5) is 0 Å². The normalized spacial score (nSPS) is 26.4. The Kier molecular flexibility index (Phi) is 6.06. The molecule has 8 heteroatoms. The Morgan fingerprint density at radius 2 is 1.83 bits per heavy atom. The maximum absolute atomic E-state index is 12.5. The Bertz CT molecular complexity index is 1060. The summed E-state index contributed by atoms with van der Waals surface area (Å²) >= 11 is 0.